The monoisotopic (exact) mass is 344 g/mol. The number of rotatable bonds is 4. The molecule has 1 aromatic heterocycles. The molecule has 0 fully saturated rings. The molecule has 2 N–H and O–H groups in total. The Morgan fingerprint density at radius 3 is 2.94 bits per heavy atom. The molecule has 4 nitrogen and oxygen atoms in total. The van der Waals surface area contributed by atoms with Gasteiger partial charge >= 0.3 is 5.97 Å². The Bertz CT molecular complexity index is 491. The van der Waals surface area contributed by atoms with Crippen LogP contribution in [0, 0.1) is 0 Å². The lowest BCUT2D eigenvalue weighted by molar-refractivity contribution is -0.133. The number of benzene rings is 1. The number of carbonyl (C=O) groups is 1. The first kappa shape index (κ1) is 12.4. The minimum Gasteiger partial charge on any atom is -0.393 e. The SMILES string of the molecule is CNC(Cc1cc2ccccc2[nH]1)C(=O)OI. The number of aromatic amines is 1. The third-order valence-electron chi connectivity index (χ3n) is 2.72. The van der Waals surface area contributed by atoms with Gasteiger partial charge in [0.15, 0.2) is 23.0 Å². The molecule has 2 rings (SSSR count). The van der Waals surface area contributed by atoms with Gasteiger partial charge < -0.3 is 13.4 Å². The van der Waals surface area contributed by atoms with Crippen LogP contribution in [0.2, 0.25) is 0 Å². The van der Waals surface area contributed by atoms with E-state index in [0.29, 0.717) is 6.42 Å². The zero-order chi connectivity index (χ0) is 12.3. The molecule has 17 heavy (non-hydrogen) atoms. The van der Waals surface area contributed by atoms with E-state index in [2.05, 4.69) is 16.4 Å². The molecular weight excluding hydrogens is 331 g/mol. The van der Waals surface area contributed by atoms with E-state index in [-0.39, 0.29) is 12.0 Å². The number of H-pyrrole nitrogens is 1. The fourth-order valence-electron chi connectivity index (χ4n) is 1.82. The normalized spacial score (nSPS) is 12.6. The number of aromatic nitrogens is 1. The Labute approximate surface area is 113 Å². The van der Waals surface area contributed by atoms with Gasteiger partial charge in [0.1, 0.15) is 6.04 Å². The van der Waals surface area contributed by atoms with E-state index < -0.39 is 0 Å². The molecule has 2 aromatic rings. The maximum atomic E-state index is 11.5. The number of carbonyl (C=O) groups excluding carboxylic acids is 1. The first-order valence-electron chi connectivity index (χ1n) is 5.31. The summed E-state index contributed by atoms with van der Waals surface area (Å²) in [6, 6.07) is 9.77. The summed E-state index contributed by atoms with van der Waals surface area (Å²) in [5.41, 5.74) is 2.10. The molecule has 0 saturated carbocycles. The van der Waals surface area contributed by atoms with Gasteiger partial charge in [-0.25, -0.2) is 4.79 Å². The van der Waals surface area contributed by atoms with Crippen LogP contribution in [0.5, 0.6) is 0 Å². The number of hydrogen-bond acceptors (Lipinski definition) is 3. The number of halogens is 1. The van der Waals surface area contributed by atoms with Gasteiger partial charge in [-0.15, -0.1) is 0 Å². The predicted octanol–water partition coefficient (Wildman–Crippen LogP) is 2.19. The van der Waals surface area contributed by atoms with Crippen LogP contribution in [-0.2, 0) is 14.3 Å². The number of fused-ring (bicyclic) bond motifs is 1. The lowest BCUT2D eigenvalue weighted by Crippen LogP contribution is -2.36. The molecule has 5 heteroatoms. The Morgan fingerprint density at radius 2 is 2.29 bits per heavy atom. The second-order valence-electron chi connectivity index (χ2n) is 3.82. The molecule has 0 amide bonds. The molecule has 0 saturated heterocycles. The Kier molecular flexibility index (Phi) is 4.01. The summed E-state index contributed by atoms with van der Waals surface area (Å²) >= 11 is 1.61. The quantitative estimate of drug-likeness (QED) is 0.836. The predicted molar refractivity (Wildman–Crippen MR) is 75.0 cm³/mol. The number of likely N-dealkylation sites (N-methyl/N-ethyl adjacent to an activating group) is 1. The highest BCUT2D eigenvalue weighted by molar-refractivity contribution is 14.1. The van der Waals surface area contributed by atoms with Crippen LogP contribution in [-0.4, -0.2) is 24.0 Å². The van der Waals surface area contributed by atoms with E-state index in [1.54, 1.807) is 30.1 Å². The zero-order valence-corrected chi connectivity index (χ0v) is 11.5. The van der Waals surface area contributed by atoms with Gasteiger partial charge in [0.2, 0.25) is 0 Å². The van der Waals surface area contributed by atoms with Crippen LogP contribution in [0.1, 0.15) is 5.69 Å². The zero-order valence-electron chi connectivity index (χ0n) is 9.37. The van der Waals surface area contributed by atoms with Gasteiger partial charge in [-0.2, -0.15) is 0 Å². The lowest BCUT2D eigenvalue weighted by atomic mass is 10.1. The summed E-state index contributed by atoms with van der Waals surface area (Å²) < 4.78 is 4.70. The average Bonchev–Trinajstić information content (AvgIpc) is 2.77. The van der Waals surface area contributed by atoms with Gasteiger partial charge in [0.25, 0.3) is 0 Å². The van der Waals surface area contributed by atoms with Crippen molar-refractivity contribution in [2.75, 3.05) is 7.05 Å². The molecule has 0 aliphatic rings. The van der Waals surface area contributed by atoms with Gasteiger partial charge in [-0.1, -0.05) is 18.2 Å². The van der Waals surface area contributed by atoms with Crippen LogP contribution in [0.4, 0.5) is 0 Å². The van der Waals surface area contributed by atoms with Crippen molar-refractivity contribution in [2.45, 2.75) is 12.5 Å². The molecule has 1 aromatic carbocycles. The third kappa shape index (κ3) is 2.78. The Hall–Kier alpha value is -1.08. The summed E-state index contributed by atoms with van der Waals surface area (Å²) in [6.45, 7) is 0. The molecule has 90 valence electrons. The summed E-state index contributed by atoms with van der Waals surface area (Å²) in [5, 5.41) is 4.10. The van der Waals surface area contributed by atoms with E-state index in [0.717, 1.165) is 16.6 Å². The summed E-state index contributed by atoms with van der Waals surface area (Å²) in [6.07, 6.45) is 0.590. The van der Waals surface area contributed by atoms with Crippen molar-refractivity contribution in [3.8, 4) is 0 Å². The van der Waals surface area contributed by atoms with Crippen molar-refractivity contribution in [2.24, 2.45) is 0 Å². The first-order chi connectivity index (χ1) is 8.24. The number of hydrogen-bond donors (Lipinski definition) is 2. The Morgan fingerprint density at radius 1 is 1.53 bits per heavy atom. The van der Waals surface area contributed by atoms with Crippen LogP contribution in [0.15, 0.2) is 30.3 Å². The topological polar surface area (TPSA) is 54.1 Å². The van der Waals surface area contributed by atoms with Gasteiger partial charge in [0, 0.05) is 17.6 Å². The highest BCUT2D eigenvalue weighted by Gasteiger charge is 2.18. The summed E-state index contributed by atoms with van der Waals surface area (Å²) in [4.78, 5) is 14.7. The molecule has 0 spiro atoms. The highest BCUT2D eigenvalue weighted by atomic mass is 127. The molecule has 1 unspecified atom stereocenters. The Balaban J connectivity index is 2.19. The molecule has 0 bridgehead atoms. The fraction of sp³-hybridized carbons (Fsp3) is 0.250. The standard InChI is InChI=1S/C12H13IN2O2/c1-14-11(12(16)17-13)7-9-6-8-4-2-3-5-10(8)15-9/h2-6,11,14-15H,7H2,1H3. The second kappa shape index (κ2) is 5.50. The third-order valence-corrected chi connectivity index (χ3v) is 3.15. The van der Waals surface area contributed by atoms with Crippen molar-refractivity contribution in [1.29, 1.82) is 0 Å². The molecule has 1 heterocycles. The smallest absolute Gasteiger partial charge is 0.332 e. The average molecular weight is 344 g/mol. The molecule has 1 atom stereocenters. The minimum atomic E-state index is -0.319. The van der Waals surface area contributed by atoms with E-state index >= 15 is 0 Å². The van der Waals surface area contributed by atoms with Crippen molar-refractivity contribution < 1.29 is 7.86 Å². The van der Waals surface area contributed by atoms with Gasteiger partial charge in [-0.3, -0.25) is 0 Å². The van der Waals surface area contributed by atoms with Crippen molar-refractivity contribution in [3.05, 3.63) is 36.0 Å². The maximum Gasteiger partial charge on any atom is 0.332 e. The van der Waals surface area contributed by atoms with Crippen molar-refractivity contribution >= 4 is 39.9 Å². The van der Waals surface area contributed by atoms with Crippen LogP contribution >= 0.6 is 23.0 Å². The minimum absolute atomic E-state index is 0.258. The van der Waals surface area contributed by atoms with Gasteiger partial charge in [0.05, 0.1) is 0 Å². The van der Waals surface area contributed by atoms with E-state index in [9.17, 15) is 4.79 Å². The second-order valence-corrected chi connectivity index (χ2v) is 4.26. The van der Waals surface area contributed by atoms with E-state index in [1.807, 2.05) is 24.3 Å². The lowest BCUT2D eigenvalue weighted by Gasteiger charge is -2.10. The number of para-hydroxylation sites is 1. The number of nitrogens with one attached hydrogen (secondary N) is 2. The molecule has 0 aliphatic heterocycles. The van der Waals surface area contributed by atoms with Crippen LogP contribution in [0.3, 0.4) is 0 Å². The van der Waals surface area contributed by atoms with E-state index in [4.69, 9.17) is 3.07 Å². The molecular formula is C12H13IN2O2. The fourth-order valence-corrected chi connectivity index (χ4v) is 2.13. The first-order valence-corrected chi connectivity index (χ1v) is 6.19. The largest absolute Gasteiger partial charge is 0.393 e. The molecule has 0 radical (unpaired) electrons. The van der Waals surface area contributed by atoms with Gasteiger partial charge in [-0.05, 0) is 24.6 Å². The van der Waals surface area contributed by atoms with Crippen LogP contribution < -0.4 is 5.32 Å². The summed E-state index contributed by atoms with van der Waals surface area (Å²) in [7, 11) is 1.75. The summed E-state index contributed by atoms with van der Waals surface area (Å²) in [5.74, 6) is -0.258. The van der Waals surface area contributed by atoms with Crippen molar-refractivity contribution in [1.82, 2.24) is 10.3 Å². The van der Waals surface area contributed by atoms with Crippen molar-refractivity contribution in [3.63, 3.8) is 0 Å². The highest BCUT2D eigenvalue weighted by Crippen LogP contribution is 2.16. The molecule has 0 aliphatic carbocycles. The van der Waals surface area contributed by atoms with E-state index in [1.165, 1.54) is 0 Å². The van der Waals surface area contributed by atoms with Crippen LogP contribution in [0.25, 0.3) is 10.9 Å². The maximum absolute atomic E-state index is 11.5.